The average Bonchev–Trinajstić information content (AvgIpc) is 2.90. The molecule has 21 heavy (non-hydrogen) atoms. The predicted molar refractivity (Wildman–Crippen MR) is 88.0 cm³/mol. The molecule has 3 atom stereocenters. The van der Waals surface area contributed by atoms with E-state index in [1.54, 1.807) is 18.2 Å². The first kappa shape index (κ1) is 16.7. The number of rotatable bonds is 5. The number of benzene rings is 1. The maximum atomic E-state index is 12.2. The number of carbonyl (C=O) groups excluding carboxylic acids is 1. The van der Waals surface area contributed by atoms with Gasteiger partial charge in [-0.05, 0) is 31.5 Å². The molecule has 3 nitrogen and oxygen atoms in total. The predicted octanol–water partition coefficient (Wildman–Crippen LogP) is 3.53. The fraction of sp³-hybridized carbons (Fsp3) is 0.400. The number of thioether (sulfide) groups is 1. The second kappa shape index (κ2) is 7.54. The molecule has 1 aromatic rings. The first-order chi connectivity index (χ1) is 9.99. The summed E-state index contributed by atoms with van der Waals surface area (Å²) in [5.41, 5.74) is 0. The Balaban J connectivity index is 1.91. The van der Waals surface area contributed by atoms with Crippen LogP contribution >= 0.6 is 35.0 Å². The summed E-state index contributed by atoms with van der Waals surface area (Å²) < 4.78 is 0. The number of aliphatic hydroxyl groups excluding tert-OH is 1. The van der Waals surface area contributed by atoms with Crippen LogP contribution in [0.4, 0.5) is 0 Å². The van der Waals surface area contributed by atoms with Crippen LogP contribution in [0.25, 0.3) is 0 Å². The summed E-state index contributed by atoms with van der Waals surface area (Å²) in [4.78, 5) is 13.0. The Morgan fingerprint density at radius 1 is 1.48 bits per heavy atom. The molecule has 2 N–H and O–H groups in total. The Morgan fingerprint density at radius 3 is 2.90 bits per heavy atom. The van der Waals surface area contributed by atoms with Crippen molar-refractivity contribution >= 4 is 40.9 Å². The van der Waals surface area contributed by atoms with Crippen molar-refractivity contribution in [3.63, 3.8) is 0 Å². The second-order valence-electron chi connectivity index (χ2n) is 5.01. The van der Waals surface area contributed by atoms with E-state index in [1.165, 1.54) is 11.8 Å². The second-order valence-corrected chi connectivity index (χ2v) is 7.24. The number of aliphatic hydroxyl groups is 1. The molecule has 6 heteroatoms. The van der Waals surface area contributed by atoms with Crippen molar-refractivity contribution in [2.24, 2.45) is 5.92 Å². The normalized spacial score (nSPS) is 22.3. The number of carbonyl (C=O) groups is 1. The third-order valence-corrected chi connectivity index (χ3v) is 5.14. The summed E-state index contributed by atoms with van der Waals surface area (Å²) in [5, 5.41) is 13.0. The first-order valence-electron chi connectivity index (χ1n) is 6.71. The zero-order valence-corrected chi connectivity index (χ0v) is 13.9. The van der Waals surface area contributed by atoms with Crippen molar-refractivity contribution in [1.82, 2.24) is 5.32 Å². The van der Waals surface area contributed by atoms with Gasteiger partial charge in [0.15, 0.2) is 0 Å². The lowest BCUT2D eigenvalue weighted by Gasteiger charge is -2.17. The monoisotopic (exact) mass is 345 g/mol. The van der Waals surface area contributed by atoms with Crippen molar-refractivity contribution in [2.75, 3.05) is 6.61 Å². The number of hydrogen-bond acceptors (Lipinski definition) is 3. The van der Waals surface area contributed by atoms with E-state index in [1.807, 2.05) is 19.1 Å². The van der Waals surface area contributed by atoms with Crippen LogP contribution in [-0.4, -0.2) is 28.9 Å². The van der Waals surface area contributed by atoms with Crippen LogP contribution in [0.15, 0.2) is 35.2 Å². The molecule has 0 heterocycles. The van der Waals surface area contributed by atoms with E-state index < -0.39 is 0 Å². The molecule has 1 amide bonds. The quantitative estimate of drug-likeness (QED) is 0.633. The molecule has 0 aromatic heterocycles. The standard InChI is InChI=1S/C15H17Cl2NO2S/c1-9(21-14-7-11(16)3-5-13(14)17)15(20)18-12-4-2-10(6-12)8-19/h2-5,7,9-10,12,19H,6,8H2,1H3,(H,18,20)/t9?,10-,12+/m0/s1. The third kappa shape index (κ3) is 4.65. The fourth-order valence-electron chi connectivity index (χ4n) is 2.13. The van der Waals surface area contributed by atoms with Gasteiger partial charge in [-0.15, -0.1) is 11.8 Å². The summed E-state index contributed by atoms with van der Waals surface area (Å²) in [6, 6.07) is 5.20. The smallest absolute Gasteiger partial charge is 0.233 e. The minimum Gasteiger partial charge on any atom is -0.396 e. The summed E-state index contributed by atoms with van der Waals surface area (Å²) in [6.07, 6.45) is 4.62. The Morgan fingerprint density at radius 2 is 2.24 bits per heavy atom. The van der Waals surface area contributed by atoms with E-state index >= 15 is 0 Å². The van der Waals surface area contributed by atoms with E-state index in [0.29, 0.717) is 10.0 Å². The summed E-state index contributed by atoms with van der Waals surface area (Å²) in [5.74, 6) is 0.0879. The molecule has 114 valence electrons. The van der Waals surface area contributed by atoms with Crippen molar-refractivity contribution < 1.29 is 9.90 Å². The van der Waals surface area contributed by atoms with Gasteiger partial charge in [-0.25, -0.2) is 0 Å². The van der Waals surface area contributed by atoms with Gasteiger partial charge < -0.3 is 10.4 Å². The van der Waals surface area contributed by atoms with Crippen molar-refractivity contribution in [1.29, 1.82) is 0 Å². The molecule has 0 saturated heterocycles. The van der Waals surface area contributed by atoms with Gasteiger partial charge >= 0.3 is 0 Å². The molecular weight excluding hydrogens is 329 g/mol. The van der Waals surface area contributed by atoms with Crippen molar-refractivity contribution in [2.45, 2.75) is 29.5 Å². The van der Waals surface area contributed by atoms with E-state index in [0.717, 1.165) is 11.3 Å². The molecule has 1 aliphatic rings. The van der Waals surface area contributed by atoms with Crippen LogP contribution in [-0.2, 0) is 4.79 Å². The van der Waals surface area contributed by atoms with E-state index in [4.69, 9.17) is 28.3 Å². The SMILES string of the molecule is CC(Sc1cc(Cl)ccc1Cl)C(=O)N[C@@H]1C=C[C@H](CO)C1. The molecule has 1 aliphatic carbocycles. The lowest BCUT2D eigenvalue weighted by Crippen LogP contribution is -2.37. The molecule has 0 spiro atoms. The average molecular weight is 346 g/mol. The highest BCUT2D eigenvalue weighted by Crippen LogP contribution is 2.32. The fourth-order valence-corrected chi connectivity index (χ4v) is 3.55. The number of nitrogens with one attached hydrogen (secondary N) is 1. The minimum atomic E-state index is -0.275. The molecule has 0 saturated carbocycles. The largest absolute Gasteiger partial charge is 0.396 e. The third-order valence-electron chi connectivity index (χ3n) is 3.30. The molecule has 0 bridgehead atoms. The van der Waals surface area contributed by atoms with Gasteiger partial charge in [-0.3, -0.25) is 4.79 Å². The van der Waals surface area contributed by atoms with Crippen LogP contribution in [0.2, 0.25) is 10.0 Å². The minimum absolute atomic E-state index is 0.00691. The maximum absolute atomic E-state index is 12.2. The van der Waals surface area contributed by atoms with Crippen molar-refractivity contribution in [3.05, 3.63) is 40.4 Å². The Kier molecular flexibility index (Phi) is 5.99. The zero-order valence-electron chi connectivity index (χ0n) is 11.6. The Hall–Kier alpha value is -0.680. The molecular formula is C15H17Cl2NO2S. The Bertz CT molecular complexity index is 550. The highest BCUT2D eigenvalue weighted by atomic mass is 35.5. The lowest BCUT2D eigenvalue weighted by atomic mass is 10.1. The van der Waals surface area contributed by atoms with Gasteiger partial charge in [0.25, 0.3) is 0 Å². The number of halogens is 2. The van der Waals surface area contributed by atoms with Gasteiger partial charge in [-0.1, -0.05) is 35.4 Å². The van der Waals surface area contributed by atoms with E-state index in [9.17, 15) is 4.79 Å². The zero-order chi connectivity index (χ0) is 15.4. The molecule has 0 fully saturated rings. The van der Waals surface area contributed by atoms with Gasteiger partial charge in [0.05, 0.1) is 10.3 Å². The van der Waals surface area contributed by atoms with Crippen LogP contribution < -0.4 is 5.32 Å². The molecule has 1 aromatic carbocycles. The number of hydrogen-bond donors (Lipinski definition) is 2. The Labute approximate surface area is 138 Å². The highest BCUT2D eigenvalue weighted by molar-refractivity contribution is 8.00. The van der Waals surface area contributed by atoms with Crippen LogP contribution in [0.5, 0.6) is 0 Å². The van der Waals surface area contributed by atoms with Gasteiger partial charge in [-0.2, -0.15) is 0 Å². The van der Waals surface area contributed by atoms with Crippen LogP contribution in [0, 0.1) is 5.92 Å². The summed E-state index contributed by atoms with van der Waals surface area (Å²) in [6.45, 7) is 1.95. The first-order valence-corrected chi connectivity index (χ1v) is 8.34. The van der Waals surface area contributed by atoms with Crippen LogP contribution in [0.1, 0.15) is 13.3 Å². The van der Waals surface area contributed by atoms with Gasteiger partial charge in [0, 0.05) is 28.5 Å². The topological polar surface area (TPSA) is 49.3 Å². The molecule has 0 aliphatic heterocycles. The van der Waals surface area contributed by atoms with Crippen LogP contribution in [0.3, 0.4) is 0 Å². The van der Waals surface area contributed by atoms with E-state index in [-0.39, 0.29) is 29.7 Å². The molecule has 1 unspecified atom stereocenters. The number of amides is 1. The maximum Gasteiger partial charge on any atom is 0.233 e. The van der Waals surface area contributed by atoms with Gasteiger partial charge in [0.2, 0.25) is 5.91 Å². The van der Waals surface area contributed by atoms with Crippen molar-refractivity contribution in [3.8, 4) is 0 Å². The van der Waals surface area contributed by atoms with Gasteiger partial charge in [0.1, 0.15) is 0 Å². The summed E-state index contributed by atoms with van der Waals surface area (Å²) >= 11 is 13.4. The lowest BCUT2D eigenvalue weighted by molar-refractivity contribution is -0.120. The molecule has 0 radical (unpaired) electrons. The molecule has 2 rings (SSSR count). The highest BCUT2D eigenvalue weighted by Gasteiger charge is 2.23. The summed E-state index contributed by atoms with van der Waals surface area (Å²) in [7, 11) is 0. The van der Waals surface area contributed by atoms with E-state index in [2.05, 4.69) is 5.32 Å².